The molecular weight excluding hydrogens is 394 g/mol. The molecule has 0 spiro atoms. The van der Waals surface area contributed by atoms with Gasteiger partial charge in [0.15, 0.2) is 10.9 Å². The van der Waals surface area contributed by atoms with Gasteiger partial charge < -0.3 is 10.3 Å². The molecule has 0 bridgehead atoms. The lowest BCUT2D eigenvalue weighted by molar-refractivity contribution is -0.118. The third kappa shape index (κ3) is 3.97. The maximum Gasteiger partial charge on any atom is 0.257 e. The number of nitrogens with zero attached hydrogens (tertiary/aromatic N) is 1. The van der Waals surface area contributed by atoms with Crippen molar-refractivity contribution in [3.05, 3.63) is 62.6 Å². The van der Waals surface area contributed by atoms with E-state index in [1.165, 1.54) is 0 Å². The summed E-state index contributed by atoms with van der Waals surface area (Å²) in [5.74, 6) is 1.68. The number of aromatic nitrogens is 2. The van der Waals surface area contributed by atoms with Gasteiger partial charge in [0.2, 0.25) is 0 Å². The minimum atomic E-state index is -0.389. The van der Waals surface area contributed by atoms with Gasteiger partial charge in [-0.25, -0.2) is 4.98 Å². The molecule has 0 fully saturated rings. The van der Waals surface area contributed by atoms with E-state index in [-0.39, 0.29) is 22.7 Å². The molecule has 2 N–H and O–H groups in total. The van der Waals surface area contributed by atoms with Crippen molar-refractivity contribution in [2.24, 2.45) is 11.3 Å². The highest BCUT2D eigenvalue weighted by Crippen LogP contribution is 2.47. The monoisotopic (exact) mass is 423 g/mol. The molecule has 4 rings (SSSR count). The fourth-order valence-corrected chi connectivity index (χ4v) is 5.20. The zero-order valence-corrected chi connectivity index (χ0v) is 19.1. The Balaban J connectivity index is 1.89. The summed E-state index contributed by atoms with van der Waals surface area (Å²) in [5, 5.41) is 4.00. The van der Waals surface area contributed by atoms with Gasteiger partial charge in [0.25, 0.3) is 5.56 Å². The topological polar surface area (TPSA) is 74.8 Å². The van der Waals surface area contributed by atoms with Crippen molar-refractivity contribution in [3.8, 4) is 0 Å². The summed E-state index contributed by atoms with van der Waals surface area (Å²) in [6.07, 6.45) is 1.25. The van der Waals surface area contributed by atoms with Crippen molar-refractivity contribution in [2.75, 3.05) is 11.1 Å². The number of benzene rings is 1. The van der Waals surface area contributed by atoms with Gasteiger partial charge in [-0.1, -0.05) is 69.3 Å². The molecule has 1 aliphatic carbocycles. The number of hydrogen-bond acceptors (Lipinski definition) is 5. The van der Waals surface area contributed by atoms with E-state index in [2.05, 4.69) is 44.1 Å². The lowest BCUT2D eigenvalue weighted by atomic mass is 9.69. The minimum absolute atomic E-state index is 0.114. The van der Waals surface area contributed by atoms with Gasteiger partial charge in [-0.3, -0.25) is 9.59 Å². The lowest BCUT2D eigenvalue weighted by Gasteiger charge is -2.38. The van der Waals surface area contributed by atoms with E-state index in [1.807, 2.05) is 25.1 Å². The van der Waals surface area contributed by atoms with Crippen LogP contribution in [0, 0.1) is 18.3 Å². The molecule has 1 aromatic heterocycles. The molecule has 2 aliphatic rings. The van der Waals surface area contributed by atoms with Crippen molar-refractivity contribution >= 4 is 23.4 Å². The molecule has 0 radical (unpaired) electrons. The maximum absolute atomic E-state index is 13.2. The Morgan fingerprint density at radius 3 is 2.70 bits per heavy atom. The van der Waals surface area contributed by atoms with Gasteiger partial charge in [-0.15, -0.1) is 0 Å². The quantitative estimate of drug-likeness (QED) is 0.533. The highest BCUT2D eigenvalue weighted by molar-refractivity contribution is 7.99. The molecular formula is C24H29N3O2S. The van der Waals surface area contributed by atoms with Gasteiger partial charge in [0.05, 0.1) is 5.56 Å². The number of ketones is 1. The molecule has 1 aliphatic heterocycles. The number of rotatable bonds is 4. The Bertz CT molecular complexity index is 1100. The number of hydrogen-bond donors (Lipinski definition) is 2. The number of anilines is 1. The molecule has 1 aromatic carbocycles. The van der Waals surface area contributed by atoms with Crippen molar-refractivity contribution in [1.82, 2.24) is 9.97 Å². The summed E-state index contributed by atoms with van der Waals surface area (Å²) in [5.41, 5.74) is 3.96. The number of carbonyl (C=O) groups is 1. The summed E-state index contributed by atoms with van der Waals surface area (Å²) in [6, 6.07) is 8.09. The zero-order chi connectivity index (χ0) is 21.6. The number of Topliss-reactive ketones (excluding diaryl/α,β-unsaturated/α-hetero) is 1. The van der Waals surface area contributed by atoms with E-state index in [4.69, 9.17) is 4.98 Å². The minimum Gasteiger partial charge on any atom is -0.343 e. The van der Waals surface area contributed by atoms with Crippen LogP contribution in [0.1, 0.15) is 63.1 Å². The van der Waals surface area contributed by atoms with Crippen LogP contribution in [0.5, 0.6) is 0 Å². The summed E-state index contributed by atoms with van der Waals surface area (Å²) in [6.45, 7) is 10.5. The number of nitrogens with one attached hydrogen (secondary N) is 2. The van der Waals surface area contributed by atoms with Crippen LogP contribution in [-0.4, -0.2) is 21.5 Å². The van der Waals surface area contributed by atoms with Crippen LogP contribution in [0.3, 0.4) is 0 Å². The molecule has 2 heterocycles. The van der Waals surface area contributed by atoms with Crippen molar-refractivity contribution < 1.29 is 4.79 Å². The Hall–Kier alpha value is -2.34. The van der Waals surface area contributed by atoms with Crippen LogP contribution >= 0.6 is 11.8 Å². The molecule has 2 aromatic rings. The van der Waals surface area contributed by atoms with E-state index in [1.54, 1.807) is 11.8 Å². The second-order valence-corrected chi connectivity index (χ2v) is 10.7. The first kappa shape index (κ1) is 20.9. The number of allylic oxidation sites excluding steroid dienone is 2. The van der Waals surface area contributed by atoms with Crippen molar-refractivity contribution in [2.45, 2.75) is 58.5 Å². The summed E-state index contributed by atoms with van der Waals surface area (Å²) < 4.78 is 0. The lowest BCUT2D eigenvalue weighted by Crippen LogP contribution is -2.37. The van der Waals surface area contributed by atoms with Crippen LogP contribution in [0.2, 0.25) is 0 Å². The average Bonchev–Trinajstić information content (AvgIpc) is 2.63. The molecule has 6 heteroatoms. The SMILES string of the molecule is Cc1cccc(C2C3=C(CC(C)(C)CC3=O)Nc3nc(SCC(C)C)[nH]c(=O)c32)c1. The van der Waals surface area contributed by atoms with Gasteiger partial charge in [0.1, 0.15) is 5.82 Å². The average molecular weight is 424 g/mol. The molecule has 0 saturated heterocycles. The number of aryl methyl sites for hydroxylation is 1. The fraction of sp³-hybridized carbons (Fsp3) is 0.458. The number of thioether (sulfide) groups is 1. The molecule has 0 amide bonds. The first-order chi connectivity index (χ1) is 14.1. The summed E-state index contributed by atoms with van der Waals surface area (Å²) >= 11 is 1.56. The van der Waals surface area contributed by atoms with Crippen LogP contribution in [0.25, 0.3) is 0 Å². The highest BCUT2D eigenvalue weighted by atomic mass is 32.2. The third-order valence-corrected chi connectivity index (χ3v) is 6.93. The van der Waals surface area contributed by atoms with Gasteiger partial charge in [0, 0.05) is 29.4 Å². The third-order valence-electron chi connectivity index (χ3n) is 5.63. The predicted molar refractivity (Wildman–Crippen MR) is 122 cm³/mol. The molecule has 1 unspecified atom stereocenters. The summed E-state index contributed by atoms with van der Waals surface area (Å²) in [7, 11) is 0. The number of fused-ring (bicyclic) bond motifs is 1. The Morgan fingerprint density at radius 1 is 1.23 bits per heavy atom. The fourth-order valence-electron chi connectivity index (χ4n) is 4.39. The van der Waals surface area contributed by atoms with Gasteiger partial charge in [-0.2, -0.15) is 0 Å². The Labute approximate surface area is 181 Å². The predicted octanol–water partition coefficient (Wildman–Crippen LogP) is 5.03. The first-order valence-electron chi connectivity index (χ1n) is 10.5. The molecule has 1 atom stereocenters. The number of carbonyl (C=O) groups excluding carboxylic acids is 1. The molecule has 5 nitrogen and oxygen atoms in total. The van der Waals surface area contributed by atoms with Crippen LogP contribution in [0.15, 0.2) is 45.5 Å². The molecule has 158 valence electrons. The second-order valence-electron chi connectivity index (χ2n) is 9.64. The van der Waals surface area contributed by atoms with Crippen LogP contribution in [0.4, 0.5) is 5.82 Å². The van der Waals surface area contributed by atoms with E-state index in [0.717, 1.165) is 34.6 Å². The number of H-pyrrole nitrogens is 1. The smallest absolute Gasteiger partial charge is 0.257 e. The Morgan fingerprint density at radius 2 is 2.00 bits per heavy atom. The van der Waals surface area contributed by atoms with Crippen LogP contribution < -0.4 is 10.9 Å². The molecule has 0 saturated carbocycles. The maximum atomic E-state index is 13.2. The van der Waals surface area contributed by atoms with Crippen LogP contribution in [-0.2, 0) is 4.79 Å². The highest BCUT2D eigenvalue weighted by Gasteiger charge is 2.42. The normalized spacial score (nSPS) is 20.1. The van der Waals surface area contributed by atoms with Gasteiger partial charge >= 0.3 is 0 Å². The van der Waals surface area contributed by atoms with Crippen molar-refractivity contribution in [1.29, 1.82) is 0 Å². The number of aromatic amines is 1. The molecule has 30 heavy (non-hydrogen) atoms. The Kier molecular flexibility index (Phi) is 5.39. The van der Waals surface area contributed by atoms with E-state index >= 15 is 0 Å². The van der Waals surface area contributed by atoms with E-state index in [0.29, 0.717) is 28.9 Å². The standard InChI is InChI=1S/C24H29N3O2S/c1-13(2)12-30-23-26-21-20(22(29)27-23)18(15-8-6-7-14(3)9-15)19-16(25-21)10-24(4,5)11-17(19)28/h6-9,13,18H,10-12H2,1-5H3,(H2,25,26,27,29). The first-order valence-corrected chi connectivity index (χ1v) is 11.5. The van der Waals surface area contributed by atoms with E-state index < -0.39 is 0 Å². The van der Waals surface area contributed by atoms with Crippen molar-refractivity contribution in [3.63, 3.8) is 0 Å². The van der Waals surface area contributed by atoms with Gasteiger partial charge in [-0.05, 0) is 30.2 Å². The largest absolute Gasteiger partial charge is 0.343 e. The second kappa shape index (κ2) is 7.73. The van der Waals surface area contributed by atoms with E-state index in [9.17, 15) is 9.59 Å². The zero-order valence-electron chi connectivity index (χ0n) is 18.3. The summed E-state index contributed by atoms with van der Waals surface area (Å²) in [4.78, 5) is 34.2.